The first-order valence-electron chi connectivity index (χ1n) is 4.92. The first kappa shape index (κ1) is 10.7. The Morgan fingerprint density at radius 1 is 1.50 bits per heavy atom. The lowest BCUT2D eigenvalue weighted by molar-refractivity contribution is 0.0787. The van der Waals surface area contributed by atoms with Gasteiger partial charge in [-0.1, -0.05) is 19.4 Å². The second-order valence-electron chi connectivity index (χ2n) is 3.30. The van der Waals surface area contributed by atoms with Crippen LogP contribution in [0.3, 0.4) is 0 Å². The first-order chi connectivity index (χ1) is 6.75. The van der Waals surface area contributed by atoms with Crippen molar-refractivity contribution in [1.82, 2.24) is 9.88 Å². The third kappa shape index (κ3) is 2.83. The van der Waals surface area contributed by atoms with Gasteiger partial charge in [0.15, 0.2) is 0 Å². The zero-order valence-electron chi connectivity index (χ0n) is 8.73. The molecule has 1 amide bonds. The molecule has 1 rings (SSSR count). The van der Waals surface area contributed by atoms with Crippen molar-refractivity contribution < 1.29 is 4.79 Å². The van der Waals surface area contributed by atoms with Crippen LogP contribution < -0.4 is 0 Å². The molecule has 0 saturated heterocycles. The highest BCUT2D eigenvalue weighted by atomic mass is 16.2. The summed E-state index contributed by atoms with van der Waals surface area (Å²) in [5.41, 5.74) is 0.520. The van der Waals surface area contributed by atoms with E-state index in [1.165, 1.54) is 0 Å². The van der Waals surface area contributed by atoms with Crippen LogP contribution in [0.15, 0.2) is 24.4 Å². The van der Waals surface area contributed by atoms with Crippen LogP contribution in [0.1, 0.15) is 30.3 Å². The molecular formula is C11H16N2O. The molecule has 76 valence electrons. The van der Waals surface area contributed by atoms with Crippen molar-refractivity contribution in [3.8, 4) is 0 Å². The smallest absolute Gasteiger partial charge is 0.272 e. The molecule has 14 heavy (non-hydrogen) atoms. The third-order valence-electron chi connectivity index (χ3n) is 2.08. The van der Waals surface area contributed by atoms with Crippen LogP contribution in [0.5, 0.6) is 0 Å². The van der Waals surface area contributed by atoms with Crippen molar-refractivity contribution in [1.29, 1.82) is 0 Å². The number of nitrogens with zero attached hydrogens (tertiary/aromatic N) is 2. The first-order valence-corrected chi connectivity index (χ1v) is 4.92. The lowest BCUT2D eigenvalue weighted by Gasteiger charge is -2.15. The molecule has 0 radical (unpaired) electrons. The Hall–Kier alpha value is -1.38. The van der Waals surface area contributed by atoms with E-state index < -0.39 is 0 Å². The molecule has 1 aromatic heterocycles. The highest BCUT2D eigenvalue weighted by Crippen LogP contribution is 2.00. The van der Waals surface area contributed by atoms with Gasteiger partial charge in [0.05, 0.1) is 0 Å². The standard InChI is InChI=1S/C11H16N2O/c1-3-4-9-13(2)11(14)10-7-5-6-8-12-10/h5-8H,3-4,9H2,1-2H3. The molecule has 3 heteroatoms. The Labute approximate surface area is 84.8 Å². The minimum absolute atomic E-state index is 0.000880. The maximum absolute atomic E-state index is 11.7. The van der Waals surface area contributed by atoms with Crippen molar-refractivity contribution in [2.24, 2.45) is 0 Å². The fourth-order valence-electron chi connectivity index (χ4n) is 1.18. The fourth-order valence-corrected chi connectivity index (χ4v) is 1.18. The Morgan fingerprint density at radius 3 is 2.86 bits per heavy atom. The normalized spacial score (nSPS) is 9.86. The van der Waals surface area contributed by atoms with E-state index >= 15 is 0 Å². The molecule has 1 aromatic rings. The highest BCUT2D eigenvalue weighted by Gasteiger charge is 2.10. The average Bonchev–Trinajstić information content (AvgIpc) is 2.26. The largest absolute Gasteiger partial charge is 0.340 e. The molecule has 3 nitrogen and oxygen atoms in total. The molecule has 0 N–H and O–H groups in total. The predicted molar refractivity (Wildman–Crippen MR) is 56.1 cm³/mol. The van der Waals surface area contributed by atoms with Gasteiger partial charge < -0.3 is 4.90 Å². The minimum atomic E-state index is -0.000880. The topological polar surface area (TPSA) is 33.2 Å². The van der Waals surface area contributed by atoms with E-state index in [-0.39, 0.29) is 5.91 Å². The van der Waals surface area contributed by atoms with Crippen molar-refractivity contribution in [2.75, 3.05) is 13.6 Å². The SMILES string of the molecule is CCCCN(C)C(=O)c1ccccn1. The summed E-state index contributed by atoms with van der Waals surface area (Å²) >= 11 is 0. The van der Waals surface area contributed by atoms with Crippen molar-refractivity contribution in [3.05, 3.63) is 30.1 Å². The van der Waals surface area contributed by atoms with E-state index in [0.29, 0.717) is 5.69 Å². The van der Waals surface area contributed by atoms with Crippen LogP contribution in [0.4, 0.5) is 0 Å². The fraction of sp³-hybridized carbons (Fsp3) is 0.455. The van der Waals surface area contributed by atoms with Crippen LogP contribution >= 0.6 is 0 Å². The summed E-state index contributed by atoms with van der Waals surface area (Å²) < 4.78 is 0. The second-order valence-corrected chi connectivity index (χ2v) is 3.30. The van der Waals surface area contributed by atoms with Crippen molar-refractivity contribution in [3.63, 3.8) is 0 Å². The van der Waals surface area contributed by atoms with Crippen LogP contribution in [-0.4, -0.2) is 29.4 Å². The maximum Gasteiger partial charge on any atom is 0.272 e. The van der Waals surface area contributed by atoms with Gasteiger partial charge in [-0.2, -0.15) is 0 Å². The van der Waals surface area contributed by atoms with E-state index in [0.717, 1.165) is 19.4 Å². The number of carbonyl (C=O) groups excluding carboxylic acids is 1. The number of rotatable bonds is 4. The summed E-state index contributed by atoms with van der Waals surface area (Å²) in [6, 6.07) is 5.38. The lowest BCUT2D eigenvalue weighted by Crippen LogP contribution is -2.28. The summed E-state index contributed by atoms with van der Waals surface area (Å²) in [6.07, 6.45) is 3.77. The summed E-state index contributed by atoms with van der Waals surface area (Å²) in [4.78, 5) is 17.4. The number of aromatic nitrogens is 1. The van der Waals surface area contributed by atoms with Crippen molar-refractivity contribution >= 4 is 5.91 Å². The molecule has 0 fully saturated rings. The van der Waals surface area contributed by atoms with Crippen LogP contribution in [0.2, 0.25) is 0 Å². The average molecular weight is 192 g/mol. The van der Waals surface area contributed by atoms with Crippen LogP contribution in [0.25, 0.3) is 0 Å². The highest BCUT2D eigenvalue weighted by molar-refractivity contribution is 5.91. The summed E-state index contributed by atoms with van der Waals surface area (Å²) in [6.45, 7) is 2.91. The molecular weight excluding hydrogens is 176 g/mol. The van der Waals surface area contributed by atoms with E-state index in [9.17, 15) is 4.79 Å². The summed E-state index contributed by atoms with van der Waals surface area (Å²) in [7, 11) is 1.81. The quantitative estimate of drug-likeness (QED) is 0.730. The summed E-state index contributed by atoms with van der Waals surface area (Å²) in [5, 5.41) is 0. The molecule has 0 saturated carbocycles. The number of pyridine rings is 1. The number of carbonyl (C=O) groups is 1. The Balaban J connectivity index is 2.57. The van der Waals surface area contributed by atoms with E-state index in [1.807, 2.05) is 19.2 Å². The van der Waals surface area contributed by atoms with Gasteiger partial charge >= 0.3 is 0 Å². The molecule has 0 aliphatic rings. The molecule has 0 atom stereocenters. The molecule has 1 heterocycles. The van der Waals surface area contributed by atoms with Gasteiger partial charge in [0.1, 0.15) is 5.69 Å². The van der Waals surface area contributed by atoms with Gasteiger partial charge in [-0.3, -0.25) is 9.78 Å². The minimum Gasteiger partial charge on any atom is -0.340 e. The molecule has 0 spiro atoms. The maximum atomic E-state index is 11.7. The Kier molecular flexibility index (Phi) is 4.11. The summed E-state index contributed by atoms with van der Waals surface area (Å²) in [5.74, 6) is -0.000880. The number of unbranched alkanes of at least 4 members (excludes halogenated alkanes) is 1. The Bertz CT molecular complexity index is 285. The molecule has 0 aliphatic carbocycles. The molecule has 0 unspecified atom stereocenters. The van der Waals surface area contributed by atoms with Gasteiger partial charge in [-0.25, -0.2) is 0 Å². The molecule has 0 bridgehead atoms. The van der Waals surface area contributed by atoms with E-state index in [2.05, 4.69) is 11.9 Å². The van der Waals surface area contributed by atoms with E-state index in [4.69, 9.17) is 0 Å². The monoisotopic (exact) mass is 192 g/mol. The second kappa shape index (κ2) is 5.37. The third-order valence-corrected chi connectivity index (χ3v) is 2.08. The van der Waals surface area contributed by atoms with Crippen molar-refractivity contribution in [2.45, 2.75) is 19.8 Å². The van der Waals surface area contributed by atoms with E-state index in [1.54, 1.807) is 17.2 Å². The lowest BCUT2D eigenvalue weighted by atomic mass is 10.3. The van der Waals surface area contributed by atoms with Gasteiger partial charge in [-0.05, 0) is 18.6 Å². The number of hydrogen-bond donors (Lipinski definition) is 0. The van der Waals surface area contributed by atoms with Crippen LogP contribution in [-0.2, 0) is 0 Å². The van der Waals surface area contributed by atoms with Gasteiger partial charge in [0.2, 0.25) is 0 Å². The van der Waals surface area contributed by atoms with Gasteiger partial charge in [-0.15, -0.1) is 0 Å². The number of hydrogen-bond acceptors (Lipinski definition) is 2. The zero-order valence-corrected chi connectivity index (χ0v) is 8.73. The molecule has 0 aliphatic heterocycles. The zero-order chi connectivity index (χ0) is 10.4. The predicted octanol–water partition coefficient (Wildman–Crippen LogP) is 1.95. The number of amides is 1. The van der Waals surface area contributed by atoms with Crippen LogP contribution in [0, 0.1) is 0 Å². The molecule has 0 aromatic carbocycles. The van der Waals surface area contributed by atoms with Gasteiger partial charge in [0, 0.05) is 19.8 Å². The van der Waals surface area contributed by atoms with Gasteiger partial charge in [0.25, 0.3) is 5.91 Å². The Morgan fingerprint density at radius 2 is 2.29 bits per heavy atom.